The maximum absolute atomic E-state index is 14.2. The highest BCUT2D eigenvalue weighted by molar-refractivity contribution is 5.94. The fraction of sp³-hybridized carbons (Fsp3) is 0.348. The molecule has 0 saturated carbocycles. The highest BCUT2D eigenvalue weighted by atomic mass is 19.1. The third-order valence-corrected chi connectivity index (χ3v) is 6.17. The second kappa shape index (κ2) is 7.67. The largest absolute Gasteiger partial charge is 0.339 e. The number of carbonyl (C=O) groups excluding carboxylic acids is 2. The Kier molecular flexibility index (Phi) is 5.06. The van der Waals surface area contributed by atoms with E-state index in [2.05, 4.69) is 0 Å². The van der Waals surface area contributed by atoms with Gasteiger partial charge in [-0.1, -0.05) is 24.3 Å². The maximum Gasteiger partial charge on any atom is 0.253 e. The topological polar surface area (TPSA) is 64.4 Å². The van der Waals surface area contributed by atoms with Crippen molar-refractivity contribution in [1.82, 2.24) is 9.80 Å². The van der Waals surface area contributed by atoms with Crippen molar-refractivity contribution >= 4 is 11.8 Å². The van der Waals surface area contributed by atoms with Crippen molar-refractivity contribution in [1.29, 1.82) is 5.26 Å². The Labute approximate surface area is 169 Å². The number of piperidine rings is 1. The summed E-state index contributed by atoms with van der Waals surface area (Å²) in [7, 11) is 0. The highest BCUT2D eigenvalue weighted by Gasteiger charge is 2.48. The molecule has 2 aliphatic heterocycles. The zero-order valence-electron chi connectivity index (χ0n) is 16.1. The van der Waals surface area contributed by atoms with E-state index < -0.39 is 11.2 Å². The molecule has 148 valence electrons. The van der Waals surface area contributed by atoms with Crippen LogP contribution in [0, 0.1) is 22.6 Å². The van der Waals surface area contributed by atoms with Crippen LogP contribution < -0.4 is 0 Å². The smallest absolute Gasteiger partial charge is 0.253 e. The van der Waals surface area contributed by atoms with Crippen LogP contribution in [0.15, 0.2) is 48.5 Å². The number of nitriles is 1. The van der Waals surface area contributed by atoms with Crippen molar-refractivity contribution in [2.75, 3.05) is 19.6 Å². The van der Waals surface area contributed by atoms with Crippen LogP contribution in [-0.4, -0.2) is 41.2 Å². The molecule has 2 amide bonds. The lowest BCUT2D eigenvalue weighted by molar-refractivity contribution is -0.138. The Morgan fingerprint density at radius 2 is 1.76 bits per heavy atom. The highest BCUT2D eigenvalue weighted by Crippen LogP contribution is 2.42. The van der Waals surface area contributed by atoms with E-state index in [1.165, 1.54) is 6.07 Å². The van der Waals surface area contributed by atoms with E-state index >= 15 is 0 Å². The molecule has 6 heteroatoms. The number of likely N-dealkylation sites (tertiary alicyclic amines) is 2. The number of amides is 2. The van der Waals surface area contributed by atoms with Crippen LogP contribution in [0.1, 0.15) is 40.7 Å². The minimum atomic E-state index is -0.457. The summed E-state index contributed by atoms with van der Waals surface area (Å²) in [4.78, 5) is 29.3. The first-order chi connectivity index (χ1) is 14.0. The van der Waals surface area contributed by atoms with Gasteiger partial charge in [0.1, 0.15) is 5.82 Å². The number of carbonyl (C=O) groups is 2. The summed E-state index contributed by atoms with van der Waals surface area (Å²) >= 11 is 0. The Hall–Kier alpha value is -3.20. The Morgan fingerprint density at radius 1 is 1.07 bits per heavy atom. The van der Waals surface area contributed by atoms with Gasteiger partial charge in [0.05, 0.1) is 17.0 Å². The molecule has 2 heterocycles. The van der Waals surface area contributed by atoms with Gasteiger partial charge in [0.2, 0.25) is 5.91 Å². The van der Waals surface area contributed by atoms with Crippen LogP contribution in [0.25, 0.3) is 0 Å². The molecule has 0 aromatic heterocycles. The second-order valence-corrected chi connectivity index (χ2v) is 7.83. The van der Waals surface area contributed by atoms with E-state index in [-0.39, 0.29) is 23.9 Å². The predicted molar refractivity (Wildman–Crippen MR) is 105 cm³/mol. The van der Waals surface area contributed by atoms with Crippen LogP contribution in [-0.2, 0) is 11.3 Å². The molecular weight excluding hydrogens is 369 g/mol. The molecule has 0 N–H and O–H groups in total. The maximum atomic E-state index is 14.2. The Balaban J connectivity index is 1.40. The summed E-state index contributed by atoms with van der Waals surface area (Å²) < 4.78 is 14.2. The fourth-order valence-electron chi connectivity index (χ4n) is 4.36. The lowest BCUT2D eigenvalue weighted by atomic mass is 9.77. The predicted octanol–water partition coefficient (Wildman–Crippen LogP) is 3.35. The van der Waals surface area contributed by atoms with Gasteiger partial charge < -0.3 is 9.80 Å². The van der Waals surface area contributed by atoms with Gasteiger partial charge in [-0.2, -0.15) is 5.26 Å². The third-order valence-electron chi connectivity index (χ3n) is 6.17. The fourth-order valence-corrected chi connectivity index (χ4v) is 4.36. The van der Waals surface area contributed by atoms with Crippen LogP contribution in [0.4, 0.5) is 4.39 Å². The molecule has 0 bridgehead atoms. The van der Waals surface area contributed by atoms with Gasteiger partial charge >= 0.3 is 0 Å². The van der Waals surface area contributed by atoms with Crippen molar-refractivity contribution in [3.8, 4) is 6.07 Å². The molecule has 0 atom stereocenters. The van der Waals surface area contributed by atoms with Gasteiger partial charge in [0.25, 0.3) is 5.91 Å². The third kappa shape index (κ3) is 3.61. The summed E-state index contributed by atoms with van der Waals surface area (Å²) in [5.74, 6) is -0.406. The summed E-state index contributed by atoms with van der Waals surface area (Å²) in [6, 6.07) is 15.5. The van der Waals surface area contributed by atoms with Crippen LogP contribution >= 0.6 is 0 Å². The molecule has 1 spiro atoms. The number of benzene rings is 2. The molecule has 0 unspecified atom stereocenters. The summed E-state index contributed by atoms with van der Waals surface area (Å²) in [6.45, 7) is 1.91. The molecule has 0 radical (unpaired) electrons. The van der Waals surface area contributed by atoms with Crippen LogP contribution in [0.2, 0.25) is 0 Å². The molecule has 0 aliphatic carbocycles. The van der Waals surface area contributed by atoms with Crippen molar-refractivity contribution in [3.05, 3.63) is 71.0 Å². The monoisotopic (exact) mass is 391 g/mol. The normalized spacial score (nSPS) is 18.1. The number of hydrogen-bond donors (Lipinski definition) is 0. The van der Waals surface area contributed by atoms with E-state index in [9.17, 15) is 14.0 Å². The van der Waals surface area contributed by atoms with Crippen molar-refractivity contribution < 1.29 is 14.0 Å². The summed E-state index contributed by atoms with van der Waals surface area (Å²) in [6.07, 6.45) is 2.00. The molecule has 2 aromatic rings. The van der Waals surface area contributed by atoms with Gasteiger partial charge in [-0.25, -0.2) is 4.39 Å². The molecular formula is C23H22FN3O2. The first-order valence-electron chi connectivity index (χ1n) is 9.85. The lowest BCUT2D eigenvalue weighted by Crippen LogP contribution is -2.46. The van der Waals surface area contributed by atoms with E-state index in [1.807, 2.05) is 29.2 Å². The zero-order valence-corrected chi connectivity index (χ0v) is 16.1. The minimum Gasteiger partial charge on any atom is -0.339 e. The quantitative estimate of drug-likeness (QED) is 0.806. The average Bonchev–Trinajstić information content (AvgIpc) is 3.05. The second-order valence-electron chi connectivity index (χ2n) is 7.83. The van der Waals surface area contributed by atoms with Gasteiger partial charge in [-0.05, 0) is 43.5 Å². The summed E-state index contributed by atoms with van der Waals surface area (Å²) in [5, 5.41) is 8.87. The van der Waals surface area contributed by atoms with Gasteiger partial charge in [-0.15, -0.1) is 0 Å². The van der Waals surface area contributed by atoms with Crippen LogP contribution in [0.5, 0.6) is 0 Å². The number of hydrogen-bond acceptors (Lipinski definition) is 3. The van der Waals surface area contributed by atoms with Gasteiger partial charge in [0, 0.05) is 37.3 Å². The van der Waals surface area contributed by atoms with E-state index in [1.54, 1.807) is 29.2 Å². The molecule has 29 heavy (non-hydrogen) atoms. The summed E-state index contributed by atoms with van der Waals surface area (Å²) in [5.41, 5.74) is 0.910. The molecule has 2 saturated heterocycles. The van der Waals surface area contributed by atoms with Crippen molar-refractivity contribution in [2.24, 2.45) is 5.41 Å². The Morgan fingerprint density at radius 3 is 2.41 bits per heavy atom. The molecule has 2 aliphatic rings. The van der Waals surface area contributed by atoms with Crippen molar-refractivity contribution in [3.63, 3.8) is 0 Å². The number of rotatable bonds is 3. The van der Waals surface area contributed by atoms with E-state index in [0.29, 0.717) is 43.6 Å². The zero-order chi connectivity index (χ0) is 20.4. The SMILES string of the molecule is N#Cc1ccc(CN2CCC3(CCN(C(=O)c4ccccc4)CC3)C2=O)c(F)c1. The first-order valence-corrected chi connectivity index (χ1v) is 9.85. The molecule has 2 fully saturated rings. The first kappa shape index (κ1) is 19.1. The lowest BCUT2D eigenvalue weighted by Gasteiger charge is -2.38. The molecule has 5 nitrogen and oxygen atoms in total. The average molecular weight is 391 g/mol. The molecule has 4 rings (SSSR count). The van der Waals surface area contributed by atoms with E-state index in [4.69, 9.17) is 5.26 Å². The van der Waals surface area contributed by atoms with Crippen LogP contribution in [0.3, 0.4) is 0 Å². The standard InChI is InChI=1S/C23H22FN3O2/c24-20-14-17(15-25)6-7-19(20)16-27-13-10-23(22(27)29)8-11-26(12-9-23)21(28)18-4-2-1-3-5-18/h1-7,14H,8-13,16H2. The van der Waals surface area contributed by atoms with Gasteiger partial charge in [-0.3, -0.25) is 9.59 Å². The number of halogens is 1. The Bertz CT molecular complexity index is 975. The van der Waals surface area contributed by atoms with E-state index in [0.717, 1.165) is 6.42 Å². The molecule has 2 aromatic carbocycles. The number of nitrogens with zero attached hydrogens (tertiary/aromatic N) is 3. The minimum absolute atomic E-state index is 0.00223. The van der Waals surface area contributed by atoms with Gasteiger partial charge in [0.15, 0.2) is 0 Å². The van der Waals surface area contributed by atoms with Crippen molar-refractivity contribution in [2.45, 2.75) is 25.8 Å².